The Kier molecular flexibility index (Phi) is 5.95. The quantitative estimate of drug-likeness (QED) is 0.397. The Balaban J connectivity index is 1.74. The second-order valence-corrected chi connectivity index (χ2v) is 6.67. The molecule has 0 aliphatic carbocycles. The number of nitro groups is 1. The molecule has 0 spiro atoms. The number of carbonyl (C=O) groups excluding carboxylic acids is 2. The van der Waals surface area contributed by atoms with E-state index in [-0.39, 0.29) is 23.7 Å². The third kappa shape index (κ3) is 4.32. The van der Waals surface area contributed by atoms with Crippen molar-refractivity contribution in [2.24, 2.45) is 0 Å². The number of carbonyl (C=O) groups is 2. The second-order valence-electron chi connectivity index (χ2n) is 5.68. The highest BCUT2D eigenvalue weighted by Gasteiger charge is 2.35. The molecule has 1 aliphatic heterocycles. The monoisotopic (exact) mass is 400 g/mol. The summed E-state index contributed by atoms with van der Waals surface area (Å²) in [5.41, 5.74) is 0.213. The van der Waals surface area contributed by atoms with Crippen LogP contribution in [0.25, 0.3) is 6.08 Å². The van der Waals surface area contributed by atoms with E-state index in [9.17, 15) is 19.7 Å². The fourth-order valence-electron chi connectivity index (χ4n) is 2.55. The lowest BCUT2D eigenvalue weighted by atomic mass is 10.1. The van der Waals surface area contributed by atoms with Crippen molar-refractivity contribution in [1.82, 2.24) is 4.90 Å². The van der Waals surface area contributed by atoms with Gasteiger partial charge in [0.1, 0.15) is 18.1 Å². The minimum atomic E-state index is -0.538. The van der Waals surface area contributed by atoms with Gasteiger partial charge in [0.15, 0.2) is 0 Å². The molecule has 0 bridgehead atoms. The van der Waals surface area contributed by atoms with Gasteiger partial charge in [0.05, 0.1) is 23.5 Å². The van der Waals surface area contributed by atoms with Crippen LogP contribution in [0.1, 0.15) is 5.56 Å². The molecule has 9 heteroatoms. The molecule has 0 saturated carbocycles. The molecule has 2 amide bonds. The molecule has 0 radical (unpaired) electrons. The molecule has 1 heterocycles. The first-order valence-electron chi connectivity index (χ1n) is 8.25. The van der Waals surface area contributed by atoms with Gasteiger partial charge in [0, 0.05) is 17.7 Å². The molecule has 1 aliphatic rings. The van der Waals surface area contributed by atoms with Gasteiger partial charge in [0.2, 0.25) is 0 Å². The van der Waals surface area contributed by atoms with Crippen molar-refractivity contribution in [2.45, 2.75) is 0 Å². The fourth-order valence-corrected chi connectivity index (χ4v) is 3.41. The zero-order valence-electron chi connectivity index (χ0n) is 14.9. The van der Waals surface area contributed by atoms with Gasteiger partial charge in [-0.15, -0.1) is 0 Å². The highest BCUT2D eigenvalue weighted by atomic mass is 32.2. The van der Waals surface area contributed by atoms with Crippen molar-refractivity contribution in [3.05, 3.63) is 69.1 Å². The van der Waals surface area contributed by atoms with E-state index in [0.717, 1.165) is 16.7 Å². The van der Waals surface area contributed by atoms with E-state index in [1.165, 1.54) is 31.4 Å². The summed E-state index contributed by atoms with van der Waals surface area (Å²) in [5, 5.41) is 10.6. The molecule has 2 aromatic rings. The first-order chi connectivity index (χ1) is 13.5. The van der Waals surface area contributed by atoms with Gasteiger partial charge in [-0.3, -0.25) is 24.6 Å². The van der Waals surface area contributed by atoms with Crippen molar-refractivity contribution in [3.8, 4) is 11.5 Å². The molecule has 1 fully saturated rings. The Labute approximate surface area is 164 Å². The minimum absolute atomic E-state index is 0.100. The predicted molar refractivity (Wildman–Crippen MR) is 104 cm³/mol. The number of imide groups is 1. The summed E-state index contributed by atoms with van der Waals surface area (Å²) in [6.07, 6.45) is 1.43. The third-order valence-electron chi connectivity index (χ3n) is 3.91. The van der Waals surface area contributed by atoms with Crippen molar-refractivity contribution >= 4 is 34.7 Å². The van der Waals surface area contributed by atoms with Gasteiger partial charge in [0.25, 0.3) is 16.8 Å². The third-order valence-corrected chi connectivity index (χ3v) is 4.82. The number of rotatable bonds is 7. The summed E-state index contributed by atoms with van der Waals surface area (Å²) in [7, 11) is 1.42. The van der Waals surface area contributed by atoms with Crippen LogP contribution >= 0.6 is 11.8 Å². The Morgan fingerprint density at radius 2 is 1.93 bits per heavy atom. The van der Waals surface area contributed by atoms with Gasteiger partial charge in [-0.1, -0.05) is 18.2 Å². The first-order valence-corrected chi connectivity index (χ1v) is 9.07. The molecule has 28 heavy (non-hydrogen) atoms. The number of nitro benzene ring substituents is 1. The summed E-state index contributed by atoms with van der Waals surface area (Å²) in [6.45, 7) is 0.262. The van der Waals surface area contributed by atoms with Gasteiger partial charge < -0.3 is 9.47 Å². The lowest BCUT2D eigenvalue weighted by molar-refractivity contribution is -0.384. The van der Waals surface area contributed by atoms with Crippen LogP contribution in [0, 0.1) is 10.1 Å². The van der Waals surface area contributed by atoms with E-state index in [1.54, 1.807) is 12.1 Å². The van der Waals surface area contributed by atoms with E-state index >= 15 is 0 Å². The molecule has 0 N–H and O–H groups in total. The highest BCUT2D eigenvalue weighted by Crippen LogP contribution is 2.34. The standard InChI is InChI=1S/C19H16N2O6S/c1-26-16-8-7-14(21(24)25)11-13(16)12-17-18(22)20(19(23)28-17)9-10-27-15-5-3-2-4-6-15/h2-8,11-12H,9-10H2,1H3/b17-12-. The Morgan fingerprint density at radius 1 is 1.18 bits per heavy atom. The zero-order valence-corrected chi connectivity index (χ0v) is 15.7. The van der Waals surface area contributed by atoms with Crippen LogP contribution in [-0.2, 0) is 4.79 Å². The summed E-state index contributed by atoms with van der Waals surface area (Å²) in [6, 6.07) is 13.1. The number of ether oxygens (including phenoxy) is 2. The summed E-state index contributed by atoms with van der Waals surface area (Å²) in [4.78, 5) is 36.5. The van der Waals surface area contributed by atoms with E-state index in [2.05, 4.69) is 0 Å². The van der Waals surface area contributed by atoms with Crippen molar-refractivity contribution in [3.63, 3.8) is 0 Å². The first kappa shape index (κ1) is 19.4. The molecular weight excluding hydrogens is 384 g/mol. The summed E-state index contributed by atoms with van der Waals surface area (Å²) < 4.78 is 10.7. The molecule has 1 saturated heterocycles. The van der Waals surface area contributed by atoms with Crippen molar-refractivity contribution in [1.29, 1.82) is 0 Å². The van der Waals surface area contributed by atoms with Gasteiger partial charge >= 0.3 is 0 Å². The van der Waals surface area contributed by atoms with Crippen molar-refractivity contribution in [2.75, 3.05) is 20.3 Å². The number of amides is 2. The number of para-hydroxylation sites is 1. The van der Waals surface area contributed by atoms with Crippen LogP contribution in [0.4, 0.5) is 10.5 Å². The number of non-ortho nitro benzene ring substituents is 1. The lowest BCUT2D eigenvalue weighted by Gasteiger charge is -2.13. The predicted octanol–water partition coefficient (Wildman–Crippen LogP) is 3.72. The zero-order chi connectivity index (χ0) is 20.1. The van der Waals surface area contributed by atoms with Gasteiger partial charge in [-0.2, -0.15) is 0 Å². The van der Waals surface area contributed by atoms with Gasteiger partial charge in [-0.25, -0.2) is 0 Å². The van der Waals surface area contributed by atoms with E-state index in [1.807, 2.05) is 18.2 Å². The molecular formula is C19H16N2O6S. The Morgan fingerprint density at radius 3 is 2.61 bits per heavy atom. The number of hydrogen-bond donors (Lipinski definition) is 0. The SMILES string of the molecule is COc1ccc([N+](=O)[O-])cc1/C=C1\SC(=O)N(CCOc2ccccc2)C1=O. The summed E-state index contributed by atoms with van der Waals surface area (Å²) >= 11 is 0.774. The van der Waals surface area contributed by atoms with Gasteiger partial charge in [-0.05, 0) is 36.0 Å². The molecule has 0 unspecified atom stereocenters. The second kappa shape index (κ2) is 8.57. The highest BCUT2D eigenvalue weighted by molar-refractivity contribution is 8.18. The number of thioether (sulfide) groups is 1. The van der Waals surface area contributed by atoms with Crippen LogP contribution < -0.4 is 9.47 Å². The lowest BCUT2D eigenvalue weighted by Crippen LogP contribution is -2.32. The normalized spacial score (nSPS) is 15.2. The molecule has 3 rings (SSSR count). The van der Waals surface area contributed by atoms with Crippen LogP contribution in [0.15, 0.2) is 53.4 Å². The smallest absolute Gasteiger partial charge is 0.293 e. The Hall–Kier alpha value is -3.33. The fraction of sp³-hybridized carbons (Fsp3) is 0.158. The number of methoxy groups -OCH3 is 1. The molecule has 8 nitrogen and oxygen atoms in total. The molecule has 144 valence electrons. The van der Waals surface area contributed by atoms with E-state index < -0.39 is 16.1 Å². The van der Waals surface area contributed by atoms with E-state index in [4.69, 9.17) is 9.47 Å². The average Bonchev–Trinajstić information content (AvgIpc) is 2.96. The molecule has 0 aromatic heterocycles. The maximum atomic E-state index is 12.6. The molecule has 2 aromatic carbocycles. The number of nitrogens with zero attached hydrogens (tertiary/aromatic N) is 2. The van der Waals surface area contributed by atoms with Crippen LogP contribution in [-0.4, -0.2) is 41.2 Å². The van der Waals surface area contributed by atoms with E-state index in [0.29, 0.717) is 17.1 Å². The largest absolute Gasteiger partial charge is 0.496 e. The topological polar surface area (TPSA) is 99.0 Å². The maximum Gasteiger partial charge on any atom is 0.293 e. The van der Waals surface area contributed by atoms with Crippen molar-refractivity contribution < 1.29 is 24.0 Å². The van der Waals surface area contributed by atoms with Crippen LogP contribution in [0.3, 0.4) is 0 Å². The van der Waals surface area contributed by atoms with Crippen LogP contribution in [0.5, 0.6) is 11.5 Å². The number of benzene rings is 2. The van der Waals surface area contributed by atoms with Crippen LogP contribution in [0.2, 0.25) is 0 Å². The minimum Gasteiger partial charge on any atom is -0.496 e. The maximum absolute atomic E-state index is 12.6. The molecule has 0 atom stereocenters. The number of hydrogen-bond acceptors (Lipinski definition) is 7. The average molecular weight is 400 g/mol. The Bertz CT molecular complexity index is 945. The summed E-state index contributed by atoms with van der Waals surface area (Å²) in [5.74, 6) is 0.538.